The number of amides is 2. The van der Waals surface area contributed by atoms with Crippen LogP contribution in [0.3, 0.4) is 0 Å². The van der Waals surface area contributed by atoms with E-state index in [1.54, 1.807) is 0 Å². The summed E-state index contributed by atoms with van der Waals surface area (Å²) in [5.41, 5.74) is -1.26. The molecule has 0 aromatic carbocycles. The molecule has 1 heterocycles. The van der Waals surface area contributed by atoms with Crippen molar-refractivity contribution in [3.63, 3.8) is 0 Å². The van der Waals surface area contributed by atoms with Gasteiger partial charge in [0.1, 0.15) is 6.07 Å². The minimum absolute atomic E-state index is 0.00430. The number of hydrogen-bond donors (Lipinski definition) is 2. The number of ketones is 2. The highest BCUT2D eigenvalue weighted by Crippen LogP contribution is 2.74. The van der Waals surface area contributed by atoms with Crippen LogP contribution in [0.25, 0.3) is 0 Å². The number of hydrogen-bond acceptors (Lipinski definition) is 7. The van der Waals surface area contributed by atoms with Crippen LogP contribution < -0.4 is 10.6 Å². The lowest BCUT2D eigenvalue weighted by Gasteiger charge is -2.69. The molecule has 6 rings (SSSR count). The number of nitrogens with one attached hydrogen (secondary N) is 2. The first-order chi connectivity index (χ1) is 23.4. The molecule has 8 atom stereocenters. The van der Waals surface area contributed by atoms with Crippen LogP contribution in [0.1, 0.15) is 126 Å². The van der Waals surface area contributed by atoms with Crippen LogP contribution in [-0.2, 0) is 19.2 Å². The van der Waals surface area contributed by atoms with Crippen molar-refractivity contribution in [2.24, 2.45) is 50.2 Å². The maximum Gasteiger partial charge on any atom is 0.226 e. The predicted octanol–water partition coefficient (Wildman–Crippen LogP) is 8.15. The highest BCUT2D eigenvalue weighted by Gasteiger charge is 2.70. The molecule has 5 aliphatic carbocycles. The Hall–Kier alpha value is -2.05. The highest BCUT2D eigenvalue weighted by molar-refractivity contribution is 8.77. The monoisotopic (exact) mass is 721 g/mol. The van der Waals surface area contributed by atoms with Crippen molar-refractivity contribution in [1.82, 2.24) is 10.6 Å². The Labute approximate surface area is 308 Å². The molecule has 0 spiro atoms. The van der Waals surface area contributed by atoms with E-state index in [1.807, 2.05) is 47.6 Å². The number of unbranched alkanes of at least 4 members (excludes halogenated alkanes) is 1. The lowest BCUT2D eigenvalue weighted by Crippen LogP contribution is -2.66. The van der Waals surface area contributed by atoms with Crippen molar-refractivity contribution in [2.45, 2.75) is 131 Å². The van der Waals surface area contributed by atoms with E-state index < -0.39 is 16.2 Å². The van der Waals surface area contributed by atoms with Crippen molar-refractivity contribution in [1.29, 1.82) is 5.26 Å². The number of carbonyl (C=O) groups is 4. The average molecular weight is 722 g/mol. The van der Waals surface area contributed by atoms with Crippen LogP contribution >= 0.6 is 21.6 Å². The summed E-state index contributed by atoms with van der Waals surface area (Å²) in [6, 6.07) is 2.19. The van der Waals surface area contributed by atoms with E-state index in [4.69, 9.17) is 0 Å². The molecule has 1 aliphatic heterocycles. The maximum atomic E-state index is 14.8. The van der Waals surface area contributed by atoms with Crippen molar-refractivity contribution in [3.8, 4) is 6.07 Å². The zero-order valence-electron chi connectivity index (χ0n) is 31.5. The Morgan fingerprint density at radius 1 is 0.940 bits per heavy atom. The van der Waals surface area contributed by atoms with Crippen molar-refractivity contribution < 1.29 is 19.2 Å². The number of fused-ring (bicyclic) bond motifs is 7. The van der Waals surface area contributed by atoms with E-state index in [0.717, 1.165) is 68.6 Å². The molecule has 3 saturated carbocycles. The van der Waals surface area contributed by atoms with Gasteiger partial charge in [-0.15, -0.1) is 0 Å². The van der Waals surface area contributed by atoms with E-state index in [-0.39, 0.29) is 63.0 Å². The molecule has 7 nitrogen and oxygen atoms in total. The van der Waals surface area contributed by atoms with E-state index in [1.165, 1.54) is 18.6 Å². The SMILES string of the molecule is CC1(C)CCC2(C(=O)NCCNC(=O)CCCCC3CCSS3)CCC3(C)C(C(=O)C=C4C5(C)C=C(C#N)C(=O)C(C)(C)C5CCC43C)C2C1. The Morgan fingerprint density at radius 3 is 2.36 bits per heavy atom. The zero-order valence-corrected chi connectivity index (χ0v) is 33.1. The van der Waals surface area contributed by atoms with Gasteiger partial charge in [0.05, 0.1) is 11.0 Å². The molecule has 50 heavy (non-hydrogen) atoms. The van der Waals surface area contributed by atoms with Gasteiger partial charge in [-0.25, -0.2) is 0 Å². The molecule has 1 saturated heterocycles. The van der Waals surface area contributed by atoms with Gasteiger partial charge >= 0.3 is 0 Å². The highest BCUT2D eigenvalue weighted by atomic mass is 33.1. The summed E-state index contributed by atoms with van der Waals surface area (Å²) >= 11 is 0. The summed E-state index contributed by atoms with van der Waals surface area (Å²) in [5.74, 6) is 0.978. The summed E-state index contributed by atoms with van der Waals surface area (Å²) < 4.78 is 0. The number of nitrogens with zero attached hydrogens (tertiary/aromatic N) is 1. The van der Waals surface area contributed by atoms with E-state index in [9.17, 15) is 24.4 Å². The Bertz CT molecular complexity index is 1540. The maximum absolute atomic E-state index is 14.8. The summed E-state index contributed by atoms with van der Waals surface area (Å²) in [4.78, 5) is 55.1. The van der Waals surface area contributed by atoms with Crippen LogP contribution in [0.15, 0.2) is 23.3 Å². The molecular formula is C41H59N3O4S2. The second-order valence-electron chi connectivity index (χ2n) is 18.6. The van der Waals surface area contributed by atoms with Crippen LogP contribution in [0.2, 0.25) is 0 Å². The minimum Gasteiger partial charge on any atom is -0.354 e. The Morgan fingerprint density at radius 2 is 1.66 bits per heavy atom. The van der Waals surface area contributed by atoms with Crippen molar-refractivity contribution in [2.75, 3.05) is 18.8 Å². The van der Waals surface area contributed by atoms with Crippen molar-refractivity contribution in [3.05, 3.63) is 23.3 Å². The number of allylic oxidation sites excluding steroid dienone is 4. The molecule has 9 heteroatoms. The quantitative estimate of drug-likeness (QED) is 0.182. The van der Waals surface area contributed by atoms with Crippen LogP contribution in [0.5, 0.6) is 0 Å². The van der Waals surface area contributed by atoms with Gasteiger partial charge in [0.2, 0.25) is 11.8 Å². The lowest BCUT2D eigenvalue weighted by atomic mass is 9.34. The third kappa shape index (κ3) is 6.04. The second-order valence-corrected chi connectivity index (χ2v) is 21.4. The lowest BCUT2D eigenvalue weighted by molar-refractivity contribution is -0.178. The molecule has 0 aromatic heterocycles. The largest absolute Gasteiger partial charge is 0.354 e. The standard InChI is InChI=1S/C41H59N3O4S2/c1-36(2)15-17-41(35(48)44-20-19-43-32(46)11-9-8-10-27-13-21-49-50-27)18-16-40(7)33(28(41)24-36)29(45)22-31-38(5)23-26(25-42)34(47)37(3,4)30(38)12-14-39(31,40)6/h22-23,27-28,30,33H,8-21,24H2,1-7H3,(H,43,46)(H,44,48). The van der Waals surface area contributed by atoms with Gasteiger partial charge in [-0.3, -0.25) is 19.2 Å². The average Bonchev–Trinajstić information content (AvgIpc) is 3.58. The fraction of sp³-hybridized carbons (Fsp3) is 0.780. The fourth-order valence-corrected chi connectivity index (χ4v) is 14.9. The van der Waals surface area contributed by atoms with E-state index in [0.29, 0.717) is 19.5 Å². The molecule has 2 N–H and O–H groups in total. The summed E-state index contributed by atoms with van der Waals surface area (Å²) in [6.07, 6.45) is 14.5. The Kier molecular flexibility index (Phi) is 10.1. The fourth-order valence-electron chi connectivity index (χ4n) is 11.9. The first-order valence-corrected chi connectivity index (χ1v) is 21.6. The van der Waals surface area contributed by atoms with Crippen LogP contribution in [0, 0.1) is 61.6 Å². The van der Waals surface area contributed by atoms with Gasteiger partial charge in [-0.05, 0) is 98.4 Å². The first-order valence-electron chi connectivity index (χ1n) is 19.2. The number of carbonyl (C=O) groups excluding carboxylic acids is 4. The van der Waals surface area contributed by atoms with E-state index >= 15 is 0 Å². The summed E-state index contributed by atoms with van der Waals surface area (Å²) in [5, 5.41) is 17.0. The molecule has 0 aromatic rings. The predicted molar refractivity (Wildman–Crippen MR) is 202 cm³/mol. The van der Waals surface area contributed by atoms with E-state index in [2.05, 4.69) is 51.3 Å². The molecule has 6 aliphatic rings. The summed E-state index contributed by atoms with van der Waals surface area (Å²) in [7, 11) is 3.94. The van der Waals surface area contributed by atoms with Gasteiger partial charge < -0.3 is 10.6 Å². The third-order valence-electron chi connectivity index (χ3n) is 15.0. The van der Waals surface area contributed by atoms with Crippen LogP contribution in [-0.4, -0.2) is 47.5 Å². The number of rotatable bonds is 9. The van der Waals surface area contributed by atoms with Gasteiger partial charge in [-0.2, -0.15) is 5.26 Å². The van der Waals surface area contributed by atoms with Crippen molar-refractivity contribution >= 4 is 45.0 Å². The third-order valence-corrected chi connectivity index (χ3v) is 18.0. The molecule has 4 fully saturated rings. The molecule has 0 radical (unpaired) electrons. The van der Waals surface area contributed by atoms with Gasteiger partial charge in [0, 0.05) is 47.3 Å². The smallest absolute Gasteiger partial charge is 0.226 e. The number of Topliss-reactive ketones (excluding diaryl/α,β-unsaturated/α-hetero) is 1. The zero-order chi connectivity index (χ0) is 36.3. The second kappa shape index (κ2) is 13.4. The molecule has 0 bridgehead atoms. The van der Waals surface area contributed by atoms with Gasteiger partial charge in [0.15, 0.2) is 11.6 Å². The minimum atomic E-state index is -0.697. The van der Waals surface area contributed by atoms with Gasteiger partial charge in [0.25, 0.3) is 0 Å². The number of nitriles is 1. The molecular weight excluding hydrogens is 663 g/mol. The normalized spacial score (nSPS) is 39.8. The van der Waals surface area contributed by atoms with Crippen LogP contribution in [0.4, 0.5) is 0 Å². The Balaban J connectivity index is 1.20. The molecule has 274 valence electrons. The first kappa shape index (κ1) is 37.7. The molecule has 2 amide bonds. The van der Waals surface area contributed by atoms with Gasteiger partial charge in [-0.1, -0.05) is 88.1 Å². The topological polar surface area (TPSA) is 116 Å². The molecule has 8 unspecified atom stereocenters. The summed E-state index contributed by atoms with van der Waals surface area (Å²) in [6.45, 7) is 16.1.